The molecular formula is C13H14IN5O. The Hall–Kier alpha value is -1.90. The summed E-state index contributed by atoms with van der Waals surface area (Å²) in [6, 6.07) is 7.55. The van der Waals surface area contributed by atoms with E-state index in [4.69, 9.17) is 10.9 Å². The molecular weight excluding hydrogens is 369 g/mol. The van der Waals surface area contributed by atoms with Crippen molar-refractivity contribution >= 4 is 34.2 Å². The molecule has 0 aliphatic carbocycles. The Labute approximate surface area is 130 Å². The van der Waals surface area contributed by atoms with Crippen LogP contribution in [0.3, 0.4) is 0 Å². The van der Waals surface area contributed by atoms with Crippen LogP contribution in [-0.2, 0) is 6.54 Å². The molecule has 0 bridgehead atoms. The van der Waals surface area contributed by atoms with E-state index in [2.05, 4.69) is 37.7 Å². The van der Waals surface area contributed by atoms with Crippen molar-refractivity contribution in [3.05, 3.63) is 51.5 Å². The highest BCUT2D eigenvalue weighted by Crippen LogP contribution is 2.19. The molecule has 0 aliphatic heterocycles. The van der Waals surface area contributed by atoms with E-state index in [1.165, 1.54) is 6.33 Å². The third-order valence-corrected chi connectivity index (χ3v) is 3.52. The predicted molar refractivity (Wildman–Crippen MR) is 85.8 cm³/mol. The second-order valence-electron chi connectivity index (χ2n) is 4.24. The average Bonchev–Trinajstić information content (AvgIpc) is 2.47. The summed E-state index contributed by atoms with van der Waals surface area (Å²) in [7, 11) is 1.96. The SMILES string of the molecule is CN(Cc1cccc(C(N)=NO)c1)c1ncncc1I. The van der Waals surface area contributed by atoms with Crippen molar-refractivity contribution in [3.63, 3.8) is 0 Å². The topological polar surface area (TPSA) is 87.6 Å². The van der Waals surface area contributed by atoms with E-state index in [1.54, 1.807) is 12.3 Å². The third-order valence-electron chi connectivity index (χ3n) is 2.76. The molecule has 2 rings (SSSR count). The molecule has 2 aromatic rings. The second kappa shape index (κ2) is 6.51. The first kappa shape index (κ1) is 14.5. The number of aromatic nitrogens is 2. The number of amidine groups is 1. The molecule has 20 heavy (non-hydrogen) atoms. The van der Waals surface area contributed by atoms with E-state index >= 15 is 0 Å². The minimum absolute atomic E-state index is 0.103. The number of benzene rings is 1. The van der Waals surface area contributed by atoms with Crippen LogP contribution in [0.25, 0.3) is 0 Å². The monoisotopic (exact) mass is 383 g/mol. The van der Waals surface area contributed by atoms with Gasteiger partial charge in [0, 0.05) is 25.4 Å². The molecule has 0 fully saturated rings. The van der Waals surface area contributed by atoms with Crippen LogP contribution in [-0.4, -0.2) is 28.1 Å². The van der Waals surface area contributed by atoms with Gasteiger partial charge in [-0.1, -0.05) is 23.4 Å². The molecule has 104 valence electrons. The highest BCUT2D eigenvalue weighted by atomic mass is 127. The van der Waals surface area contributed by atoms with Crippen molar-refractivity contribution in [2.75, 3.05) is 11.9 Å². The third kappa shape index (κ3) is 3.35. The minimum atomic E-state index is 0.103. The molecule has 0 amide bonds. The van der Waals surface area contributed by atoms with E-state index < -0.39 is 0 Å². The maximum Gasteiger partial charge on any atom is 0.170 e. The van der Waals surface area contributed by atoms with Crippen LogP contribution < -0.4 is 10.6 Å². The first-order valence-electron chi connectivity index (χ1n) is 5.85. The van der Waals surface area contributed by atoms with Crippen molar-refractivity contribution in [2.45, 2.75) is 6.54 Å². The standard InChI is InChI=1S/C13H14IN5O/c1-19(13-11(14)6-16-8-17-13)7-9-3-2-4-10(5-9)12(15)18-20/h2-6,8,20H,7H2,1H3,(H2,15,18). The van der Waals surface area contributed by atoms with Gasteiger partial charge in [-0.2, -0.15) is 0 Å². The van der Waals surface area contributed by atoms with Crippen LogP contribution in [0.1, 0.15) is 11.1 Å². The van der Waals surface area contributed by atoms with Crippen LogP contribution in [0.15, 0.2) is 41.9 Å². The lowest BCUT2D eigenvalue weighted by Gasteiger charge is -2.19. The van der Waals surface area contributed by atoms with Gasteiger partial charge in [0.1, 0.15) is 12.1 Å². The second-order valence-corrected chi connectivity index (χ2v) is 5.40. The number of halogens is 1. The van der Waals surface area contributed by atoms with Gasteiger partial charge in [0.25, 0.3) is 0 Å². The first-order valence-corrected chi connectivity index (χ1v) is 6.93. The Bertz CT molecular complexity index is 632. The van der Waals surface area contributed by atoms with Crippen LogP contribution in [0.4, 0.5) is 5.82 Å². The Morgan fingerprint density at radius 3 is 3.00 bits per heavy atom. The highest BCUT2D eigenvalue weighted by Gasteiger charge is 2.08. The number of nitrogens with two attached hydrogens (primary N) is 1. The van der Waals surface area contributed by atoms with Gasteiger partial charge in [0.15, 0.2) is 5.84 Å². The molecule has 0 radical (unpaired) electrons. The van der Waals surface area contributed by atoms with Crippen LogP contribution in [0, 0.1) is 3.57 Å². The largest absolute Gasteiger partial charge is 0.409 e. The summed E-state index contributed by atoms with van der Waals surface area (Å²) in [6.07, 6.45) is 3.30. The molecule has 6 nitrogen and oxygen atoms in total. The van der Waals surface area contributed by atoms with Crippen molar-refractivity contribution in [3.8, 4) is 0 Å². The molecule has 0 saturated heterocycles. The van der Waals surface area contributed by atoms with Gasteiger partial charge in [-0.25, -0.2) is 9.97 Å². The summed E-state index contributed by atoms with van der Waals surface area (Å²) in [5.74, 6) is 0.973. The van der Waals surface area contributed by atoms with Gasteiger partial charge in [-0.3, -0.25) is 0 Å². The fourth-order valence-electron chi connectivity index (χ4n) is 1.82. The number of hydrogen-bond acceptors (Lipinski definition) is 5. The number of rotatable bonds is 4. The zero-order valence-corrected chi connectivity index (χ0v) is 13.0. The average molecular weight is 383 g/mol. The normalized spacial score (nSPS) is 11.4. The fourth-order valence-corrected chi connectivity index (χ4v) is 2.53. The molecule has 0 unspecified atom stereocenters. The summed E-state index contributed by atoms with van der Waals surface area (Å²) in [4.78, 5) is 10.3. The van der Waals surface area contributed by atoms with Crippen molar-refractivity contribution in [1.29, 1.82) is 0 Å². The molecule has 7 heteroatoms. The quantitative estimate of drug-likeness (QED) is 0.277. The summed E-state index contributed by atoms with van der Waals surface area (Å²) in [5.41, 5.74) is 7.33. The number of anilines is 1. The van der Waals surface area contributed by atoms with E-state index in [0.29, 0.717) is 12.1 Å². The van der Waals surface area contributed by atoms with Gasteiger partial charge < -0.3 is 15.8 Å². The Kier molecular flexibility index (Phi) is 4.72. The van der Waals surface area contributed by atoms with E-state index in [0.717, 1.165) is 15.0 Å². The smallest absolute Gasteiger partial charge is 0.170 e. The van der Waals surface area contributed by atoms with Crippen molar-refractivity contribution in [2.24, 2.45) is 10.9 Å². The minimum Gasteiger partial charge on any atom is -0.409 e. The number of hydrogen-bond donors (Lipinski definition) is 2. The highest BCUT2D eigenvalue weighted by molar-refractivity contribution is 14.1. The summed E-state index contributed by atoms with van der Waals surface area (Å²) >= 11 is 2.20. The molecule has 0 saturated carbocycles. The van der Waals surface area contributed by atoms with Gasteiger partial charge in [-0.05, 0) is 34.2 Å². The molecule has 0 atom stereocenters. The molecule has 1 aromatic carbocycles. The lowest BCUT2D eigenvalue weighted by Crippen LogP contribution is -2.20. The Balaban J connectivity index is 2.20. The van der Waals surface area contributed by atoms with E-state index in [-0.39, 0.29) is 5.84 Å². The lowest BCUT2D eigenvalue weighted by atomic mass is 10.1. The first-order chi connectivity index (χ1) is 9.61. The fraction of sp³-hybridized carbons (Fsp3) is 0.154. The zero-order valence-electron chi connectivity index (χ0n) is 10.9. The Morgan fingerprint density at radius 2 is 2.30 bits per heavy atom. The summed E-state index contributed by atoms with van der Waals surface area (Å²) in [6.45, 7) is 0.666. The van der Waals surface area contributed by atoms with Crippen LogP contribution in [0.2, 0.25) is 0 Å². The molecule has 0 spiro atoms. The lowest BCUT2D eigenvalue weighted by molar-refractivity contribution is 0.318. The predicted octanol–water partition coefficient (Wildman–Crippen LogP) is 1.81. The van der Waals surface area contributed by atoms with Gasteiger partial charge >= 0.3 is 0 Å². The van der Waals surface area contributed by atoms with E-state index in [9.17, 15) is 0 Å². The summed E-state index contributed by atoms with van der Waals surface area (Å²) in [5, 5.41) is 11.7. The zero-order chi connectivity index (χ0) is 14.5. The van der Waals surface area contributed by atoms with Crippen LogP contribution in [0.5, 0.6) is 0 Å². The van der Waals surface area contributed by atoms with Gasteiger partial charge in [0.05, 0.1) is 3.57 Å². The molecule has 1 heterocycles. The van der Waals surface area contributed by atoms with Crippen molar-refractivity contribution in [1.82, 2.24) is 9.97 Å². The summed E-state index contributed by atoms with van der Waals surface area (Å²) < 4.78 is 0.986. The van der Waals surface area contributed by atoms with Gasteiger partial charge in [-0.15, -0.1) is 0 Å². The van der Waals surface area contributed by atoms with Gasteiger partial charge in [0.2, 0.25) is 0 Å². The number of oxime groups is 1. The molecule has 1 aromatic heterocycles. The maximum absolute atomic E-state index is 8.71. The molecule has 3 N–H and O–H groups in total. The van der Waals surface area contributed by atoms with Crippen molar-refractivity contribution < 1.29 is 5.21 Å². The number of nitrogens with zero attached hydrogens (tertiary/aromatic N) is 4. The Morgan fingerprint density at radius 1 is 1.50 bits per heavy atom. The maximum atomic E-state index is 8.71. The molecule has 0 aliphatic rings. The van der Waals surface area contributed by atoms with E-state index in [1.807, 2.05) is 30.1 Å². The van der Waals surface area contributed by atoms with Crippen LogP contribution >= 0.6 is 22.6 Å².